The number of benzene rings is 2. The maximum atomic E-state index is 5.36. The summed E-state index contributed by atoms with van der Waals surface area (Å²) in [6.45, 7) is 2.08. The van der Waals surface area contributed by atoms with Gasteiger partial charge >= 0.3 is 0 Å². The van der Waals surface area contributed by atoms with Crippen molar-refractivity contribution in [1.29, 1.82) is 0 Å². The van der Waals surface area contributed by atoms with Gasteiger partial charge in [0.05, 0.1) is 13.2 Å². The highest BCUT2D eigenvalue weighted by atomic mass is 32.1. The Bertz CT molecular complexity index is 763. The van der Waals surface area contributed by atoms with Gasteiger partial charge in [-0.1, -0.05) is 30.3 Å². The van der Waals surface area contributed by atoms with Crippen molar-refractivity contribution >= 4 is 21.4 Å². The van der Waals surface area contributed by atoms with E-state index < -0.39 is 0 Å². The molecule has 3 rings (SSSR count). The summed E-state index contributed by atoms with van der Waals surface area (Å²) >= 11 is 1.80. The van der Waals surface area contributed by atoms with Gasteiger partial charge in [0, 0.05) is 4.70 Å². The molecule has 1 atom stereocenters. The Morgan fingerprint density at radius 3 is 2.71 bits per heavy atom. The molecule has 0 saturated heterocycles. The molecule has 0 fully saturated rings. The molecule has 0 bridgehead atoms. The third kappa shape index (κ3) is 2.55. The van der Waals surface area contributed by atoms with Gasteiger partial charge < -0.3 is 10.1 Å². The second-order valence-corrected chi connectivity index (χ2v) is 6.05. The Balaban J connectivity index is 2.10. The van der Waals surface area contributed by atoms with Gasteiger partial charge in [-0.15, -0.1) is 11.3 Å². The Labute approximate surface area is 129 Å². The molecule has 2 aromatic carbocycles. The number of thiophene rings is 1. The molecular weight excluding hydrogens is 278 g/mol. The van der Waals surface area contributed by atoms with E-state index in [1.165, 1.54) is 21.2 Å². The second kappa shape index (κ2) is 5.88. The van der Waals surface area contributed by atoms with Gasteiger partial charge in [0.1, 0.15) is 5.75 Å². The smallest absolute Gasteiger partial charge is 0.121 e. The highest BCUT2D eigenvalue weighted by Gasteiger charge is 2.16. The molecule has 0 amide bonds. The van der Waals surface area contributed by atoms with Crippen LogP contribution >= 0.6 is 11.3 Å². The van der Waals surface area contributed by atoms with E-state index in [0.29, 0.717) is 0 Å². The highest BCUT2D eigenvalue weighted by molar-refractivity contribution is 7.17. The van der Waals surface area contributed by atoms with Crippen molar-refractivity contribution in [3.63, 3.8) is 0 Å². The molecule has 0 aliphatic heterocycles. The molecule has 0 radical (unpaired) electrons. The maximum absolute atomic E-state index is 5.36. The molecule has 0 saturated carbocycles. The minimum absolute atomic E-state index is 0.192. The van der Waals surface area contributed by atoms with Gasteiger partial charge in [0.2, 0.25) is 0 Å². The van der Waals surface area contributed by atoms with Crippen LogP contribution in [0.5, 0.6) is 5.75 Å². The number of fused-ring (bicyclic) bond motifs is 1. The normalized spacial score (nSPS) is 12.5. The number of aryl methyl sites for hydroxylation is 1. The van der Waals surface area contributed by atoms with Crippen LogP contribution in [0.2, 0.25) is 0 Å². The summed E-state index contributed by atoms with van der Waals surface area (Å²) in [4.78, 5) is 0. The lowest BCUT2D eigenvalue weighted by atomic mass is 9.96. The number of ether oxygens (including phenoxy) is 1. The molecule has 1 aromatic heterocycles. The number of hydrogen-bond donors (Lipinski definition) is 1. The largest absolute Gasteiger partial charge is 0.496 e. The summed E-state index contributed by atoms with van der Waals surface area (Å²) < 4.78 is 6.71. The van der Waals surface area contributed by atoms with Crippen LogP contribution in [0.4, 0.5) is 0 Å². The van der Waals surface area contributed by atoms with Crippen LogP contribution in [0.1, 0.15) is 22.7 Å². The van der Waals surface area contributed by atoms with E-state index in [1.807, 2.05) is 13.1 Å². The van der Waals surface area contributed by atoms with Gasteiger partial charge in [-0.2, -0.15) is 0 Å². The van der Waals surface area contributed by atoms with E-state index in [9.17, 15) is 0 Å². The first-order valence-corrected chi connectivity index (χ1v) is 7.90. The first kappa shape index (κ1) is 14.1. The minimum atomic E-state index is 0.192. The van der Waals surface area contributed by atoms with Crippen LogP contribution < -0.4 is 10.1 Å². The molecule has 2 nitrogen and oxygen atoms in total. The van der Waals surface area contributed by atoms with Crippen LogP contribution in [-0.2, 0) is 0 Å². The summed E-state index contributed by atoms with van der Waals surface area (Å²) in [5, 5.41) is 6.91. The summed E-state index contributed by atoms with van der Waals surface area (Å²) in [6, 6.07) is 15.3. The molecule has 0 spiro atoms. The first-order chi connectivity index (χ1) is 10.2. The molecule has 1 unspecified atom stereocenters. The average Bonchev–Trinajstić information content (AvgIpc) is 2.97. The van der Waals surface area contributed by atoms with Gasteiger partial charge in [-0.25, -0.2) is 0 Å². The summed E-state index contributed by atoms with van der Waals surface area (Å²) in [5.41, 5.74) is 3.75. The zero-order valence-electron chi connectivity index (χ0n) is 12.5. The monoisotopic (exact) mass is 297 g/mol. The fraction of sp³-hybridized carbons (Fsp3) is 0.222. The third-order valence-corrected chi connectivity index (χ3v) is 4.84. The molecule has 0 aliphatic rings. The van der Waals surface area contributed by atoms with Crippen molar-refractivity contribution in [2.24, 2.45) is 0 Å². The molecule has 1 N–H and O–H groups in total. The Hall–Kier alpha value is -1.84. The van der Waals surface area contributed by atoms with Crippen LogP contribution in [0.3, 0.4) is 0 Å². The SMILES string of the molecule is CNC(c1ccc(OC)c(C)c1)c1cccc2ccsc12. The third-order valence-electron chi connectivity index (χ3n) is 3.86. The maximum Gasteiger partial charge on any atom is 0.121 e. The lowest BCUT2D eigenvalue weighted by Gasteiger charge is -2.19. The van der Waals surface area contributed by atoms with Crippen LogP contribution in [-0.4, -0.2) is 14.2 Å². The van der Waals surface area contributed by atoms with E-state index in [0.717, 1.165) is 11.3 Å². The lowest BCUT2D eigenvalue weighted by molar-refractivity contribution is 0.411. The average molecular weight is 297 g/mol. The molecule has 3 heteroatoms. The second-order valence-electron chi connectivity index (χ2n) is 5.14. The Kier molecular flexibility index (Phi) is 3.95. The van der Waals surface area contributed by atoms with Crippen LogP contribution in [0.15, 0.2) is 47.8 Å². The molecule has 0 aliphatic carbocycles. The predicted molar refractivity (Wildman–Crippen MR) is 90.5 cm³/mol. The Morgan fingerprint density at radius 1 is 1.14 bits per heavy atom. The lowest BCUT2D eigenvalue weighted by Crippen LogP contribution is -2.17. The zero-order valence-corrected chi connectivity index (χ0v) is 13.3. The van der Waals surface area contributed by atoms with Gasteiger partial charge in [0.25, 0.3) is 0 Å². The van der Waals surface area contributed by atoms with E-state index in [2.05, 4.69) is 54.0 Å². The van der Waals surface area contributed by atoms with Gasteiger partial charge in [0.15, 0.2) is 0 Å². The molecule has 108 valence electrons. The van der Waals surface area contributed by atoms with E-state index in [1.54, 1.807) is 18.4 Å². The first-order valence-electron chi connectivity index (χ1n) is 7.02. The van der Waals surface area contributed by atoms with Crippen molar-refractivity contribution in [1.82, 2.24) is 5.32 Å². The minimum Gasteiger partial charge on any atom is -0.496 e. The number of rotatable bonds is 4. The molecular formula is C18H19NOS. The molecule has 3 aromatic rings. The predicted octanol–water partition coefficient (Wildman–Crippen LogP) is 4.53. The summed E-state index contributed by atoms with van der Waals surface area (Å²) in [5.74, 6) is 0.933. The number of nitrogens with one attached hydrogen (secondary N) is 1. The fourth-order valence-electron chi connectivity index (χ4n) is 2.83. The Morgan fingerprint density at radius 2 is 2.00 bits per heavy atom. The van der Waals surface area contributed by atoms with Crippen molar-refractivity contribution in [2.45, 2.75) is 13.0 Å². The van der Waals surface area contributed by atoms with E-state index >= 15 is 0 Å². The highest BCUT2D eigenvalue weighted by Crippen LogP contribution is 2.33. The summed E-state index contributed by atoms with van der Waals surface area (Å²) in [6.07, 6.45) is 0. The zero-order chi connectivity index (χ0) is 14.8. The van der Waals surface area contributed by atoms with E-state index in [4.69, 9.17) is 4.74 Å². The number of methoxy groups -OCH3 is 1. The van der Waals surface area contributed by atoms with Crippen LogP contribution in [0, 0.1) is 6.92 Å². The van der Waals surface area contributed by atoms with Gasteiger partial charge in [-0.3, -0.25) is 0 Å². The number of hydrogen-bond acceptors (Lipinski definition) is 3. The molecule has 1 heterocycles. The van der Waals surface area contributed by atoms with Crippen molar-refractivity contribution in [2.75, 3.05) is 14.2 Å². The topological polar surface area (TPSA) is 21.3 Å². The van der Waals surface area contributed by atoms with Gasteiger partial charge in [-0.05, 0) is 53.6 Å². The fourth-order valence-corrected chi connectivity index (χ4v) is 3.77. The van der Waals surface area contributed by atoms with Crippen molar-refractivity contribution < 1.29 is 4.74 Å². The quantitative estimate of drug-likeness (QED) is 0.764. The van der Waals surface area contributed by atoms with Crippen molar-refractivity contribution in [3.8, 4) is 5.75 Å². The molecule has 21 heavy (non-hydrogen) atoms. The van der Waals surface area contributed by atoms with Crippen molar-refractivity contribution in [3.05, 3.63) is 64.5 Å². The standard InChI is InChI=1S/C18H19NOS/c1-12-11-14(7-8-16(12)20-3)17(19-2)15-6-4-5-13-9-10-21-18(13)15/h4-11,17,19H,1-3H3. The van der Waals surface area contributed by atoms with E-state index in [-0.39, 0.29) is 6.04 Å². The summed E-state index contributed by atoms with van der Waals surface area (Å²) in [7, 11) is 3.72. The van der Waals surface area contributed by atoms with Crippen LogP contribution in [0.25, 0.3) is 10.1 Å².